The average molecular weight is 489 g/mol. The van der Waals surface area contributed by atoms with E-state index in [1.165, 1.54) is 162 Å². The van der Waals surface area contributed by atoms with Gasteiger partial charge in [0.1, 0.15) is 0 Å². The minimum Gasteiger partial charge on any atom is -0.0654 e. The second-order valence-corrected chi connectivity index (χ2v) is 15.8. The molecule has 0 saturated heterocycles. The molecule has 0 heterocycles. The number of hydrogen-bond donors (Lipinski definition) is 0. The fraction of sp³-hybridized carbons (Fsp3) is 1.00. The molecule has 0 saturated carbocycles. The molecule has 0 aromatic heterocycles. The van der Waals surface area contributed by atoms with E-state index >= 15 is 0 Å². The third-order valence-electron chi connectivity index (χ3n) is 7.16. The van der Waals surface area contributed by atoms with Gasteiger partial charge in [-0.2, -0.15) is 0 Å². The summed E-state index contributed by atoms with van der Waals surface area (Å²) in [6.07, 6.45) is 42.0. The van der Waals surface area contributed by atoms with E-state index in [-0.39, 0.29) is 0 Å². The first kappa shape index (κ1) is 32.9. The van der Waals surface area contributed by atoms with Crippen molar-refractivity contribution in [1.82, 2.24) is 0 Å². The van der Waals surface area contributed by atoms with E-state index in [2.05, 4.69) is 13.8 Å². The molecule has 2 heteroatoms. The van der Waals surface area contributed by atoms with E-state index in [1.54, 1.807) is 25.2 Å². The summed E-state index contributed by atoms with van der Waals surface area (Å²) in [4.78, 5) is 0. The molecule has 0 radical (unpaired) electrons. The van der Waals surface area contributed by atoms with Gasteiger partial charge in [0.25, 0.3) is 0 Å². The molecular weight excluding hydrogens is 422 g/mol. The summed E-state index contributed by atoms with van der Waals surface area (Å²) >= 11 is 0. The predicted molar refractivity (Wildman–Crippen MR) is 161 cm³/mol. The van der Waals surface area contributed by atoms with Gasteiger partial charge >= 0.3 is 164 Å². The summed E-state index contributed by atoms with van der Waals surface area (Å²) in [5.74, 6) is 0. The van der Waals surface area contributed by atoms with E-state index in [0.717, 1.165) is 0 Å². The number of hydrogen-bond acceptors (Lipinski definition) is 0. The molecular formula is C30H66P2. The van der Waals surface area contributed by atoms with Crippen molar-refractivity contribution in [3.63, 3.8) is 0 Å². The molecule has 0 aromatic rings. The van der Waals surface area contributed by atoms with Crippen LogP contribution in [0.2, 0.25) is 0 Å². The Hall–Kier alpha value is 0.860. The molecule has 0 aliphatic rings. The second kappa shape index (κ2) is 31.9. The minimum absolute atomic E-state index is 0.317. The van der Waals surface area contributed by atoms with Crippen LogP contribution in [-0.4, -0.2) is 12.3 Å². The van der Waals surface area contributed by atoms with Gasteiger partial charge in [-0.25, -0.2) is 0 Å². The summed E-state index contributed by atoms with van der Waals surface area (Å²) in [5.41, 5.74) is 0. The Morgan fingerprint density at radius 1 is 0.344 bits per heavy atom. The fourth-order valence-corrected chi connectivity index (χ4v) is 9.44. The SMILES string of the molecule is CCCCCCCCCCCCCCCP[PH3]CCCCCCCCCCCCCCC. The van der Waals surface area contributed by atoms with E-state index < -0.39 is 0 Å². The van der Waals surface area contributed by atoms with Crippen LogP contribution in [0.3, 0.4) is 0 Å². The summed E-state index contributed by atoms with van der Waals surface area (Å²) in [6.45, 7) is 4.62. The van der Waals surface area contributed by atoms with Crippen LogP contribution in [0, 0.1) is 0 Å². The monoisotopic (exact) mass is 488 g/mol. The smallest absolute Gasteiger partial charge is 0.0654 e. The maximum atomic E-state index is 2.31. The van der Waals surface area contributed by atoms with Crippen molar-refractivity contribution in [1.29, 1.82) is 0 Å². The number of rotatable bonds is 29. The third kappa shape index (κ3) is 30.9. The van der Waals surface area contributed by atoms with Crippen molar-refractivity contribution in [3.8, 4) is 0 Å². The van der Waals surface area contributed by atoms with Gasteiger partial charge in [0, 0.05) is 0 Å². The Morgan fingerprint density at radius 2 is 0.625 bits per heavy atom. The molecule has 32 heavy (non-hydrogen) atoms. The summed E-state index contributed by atoms with van der Waals surface area (Å²) in [7, 11) is 1.71. The first-order valence-corrected chi connectivity index (χ1v) is 20.2. The predicted octanol–water partition coefficient (Wildman–Crippen LogP) is 11.9. The first-order valence-electron chi connectivity index (χ1n) is 15.6. The Kier molecular flexibility index (Phi) is 32.7. The van der Waals surface area contributed by atoms with Crippen LogP contribution in [0.25, 0.3) is 0 Å². The van der Waals surface area contributed by atoms with Crippen molar-refractivity contribution in [2.24, 2.45) is 0 Å². The van der Waals surface area contributed by atoms with E-state index in [4.69, 9.17) is 0 Å². The van der Waals surface area contributed by atoms with Crippen LogP contribution in [0.4, 0.5) is 0 Å². The molecule has 0 aromatic carbocycles. The molecule has 1 unspecified atom stereocenters. The molecule has 196 valence electrons. The summed E-state index contributed by atoms with van der Waals surface area (Å²) < 4.78 is 0. The zero-order valence-corrected chi connectivity index (χ0v) is 25.4. The van der Waals surface area contributed by atoms with Crippen molar-refractivity contribution in [2.75, 3.05) is 12.3 Å². The quantitative estimate of drug-likeness (QED) is 0.0725. The fourth-order valence-electron chi connectivity index (χ4n) is 4.84. The molecule has 0 amide bonds. The standard InChI is InChI=1S/C30H66P2/c1-3-5-7-9-11-13-15-17-19-21-23-25-27-29-31-32-30-28-26-24-22-20-18-16-14-12-10-8-6-4-2/h31H,3-30H2,1-2,32H3. The van der Waals surface area contributed by atoms with Crippen LogP contribution in [0.1, 0.15) is 181 Å². The second-order valence-electron chi connectivity index (χ2n) is 10.6. The summed E-state index contributed by atoms with van der Waals surface area (Å²) in [5, 5.41) is 0. The summed E-state index contributed by atoms with van der Waals surface area (Å²) in [6, 6.07) is 0. The zero-order chi connectivity index (χ0) is 23.2. The molecule has 0 nitrogen and oxygen atoms in total. The van der Waals surface area contributed by atoms with E-state index in [0.29, 0.717) is 8.27 Å². The van der Waals surface area contributed by atoms with Gasteiger partial charge in [-0.05, 0) is 0 Å². The van der Waals surface area contributed by atoms with Gasteiger partial charge in [0.15, 0.2) is 0 Å². The normalized spacial score (nSPS) is 11.9. The Bertz CT molecular complexity index is 275. The van der Waals surface area contributed by atoms with Crippen LogP contribution < -0.4 is 0 Å². The third-order valence-corrected chi connectivity index (χ3v) is 12.3. The van der Waals surface area contributed by atoms with Crippen molar-refractivity contribution in [3.05, 3.63) is 0 Å². The first-order chi connectivity index (χ1) is 15.9. The van der Waals surface area contributed by atoms with Crippen LogP contribution in [0.5, 0.6) is 0 Å². The average Bonchev–Trinajstić information content (AvgIpc) is 2.81. The van der Waals surface area contributed by atoms with E-state index in [1.807, 2.05) is 0 Å². The molecule has 0 fully saturated rings. The molecule has 0 spiro atoms. The molecule has 0 aliphatic heterocycles. The molecule has 0 bridgehead atoms. The van der Waals surface area contributed by atoms with E-state index in [9.17, 15) is 0 Å². The van der Waals surface area contributed by atoms with Gasteiger partial charge in [0.05, 0.1) is 0 Å². The maximum absolute atomic E-state index is 2.31. The van der Waals surface area contributed by atoms with Crippen molar-refractivity contribution < 1.29 is 0 Å². The molecule has 1 atom stereocenters. The van der Waals surface area contributed by atoms with Crippen molar-refractivity contribution >= 4 is 16.5 Å². The Labute approximate surface area is 209 Å². The topological polar surface area (TPSA) is 0 Å². The van der Waals surface area contributed by atoms with Crippen LogP contribution in [-0.2, 0) is 0 Å². The van der Waals surface area contributed by atoms with Gasteiger partial charge in [-0.1, -0.05) is 46.0 Å². The van der Waals surface area contributed by atoms with Crippen LogP contribution >= 0.6 is 16.5 Å². The molecule has 0 aliphatic carbocycles. The molecule has 0 N–H and O–H groups in total. The van der Waals surface area contributed by atoms with Gasteiger partial charge < -0.3 is 0 Å². The van der Waals surface area contributed by atoms with Gasteiger partial charge in [-0.3, -0.25) is 0 Å². The zero-order valence-electron chi connectivity index (χ0n) is 23.0. The van der Waals surface area contributed by atoms with Crippen LogP contribution in [0.15, 0.2) is 0 Å². The number of unbranched alkanes of at least 4 members (excludes halogenated alkanes) is 24. The van der Waals surface area contributed by atoms with Crippen molar-refractivity contribution in [2.45, 2.75) is 181 Å². The molecule has 0 rings (SSSR count). The van der Waals surface area contributed by atoms with Gasteiger partial charge in [0.2, 0.25) is 0 Å². The minimum atomic E-state index is 0.317. The Morgan fingerprint density at radius 3 is 0.969 bits per heavy atom. The van der Waals surface area contributed by atoms with Gasteiger partial charge in [-0.15, -0.1) is 0 Å². The Balaban J connectivity index is 2.98.